The molecule has 0 aliphatic carbocycles. The Kier molecular flexibility index (Phi) is 7.48. The molecular formula is C23H26ClN3O2S. The molecule has 0 unspecified atom stereocenters. The zero-order chi connectivity index (χ0) is 21.7. The first-order chi connectivity index (χ1) is 14.3. The van der Waals surface area contributed by atoms with E-state index in [1.807, 2.05) is 26.0 Å². The van der Waals surface area contributed by atoms with Crippen LogP contribution in [0, 0.1) is 13.8 Å². The molecule has 1 N–H and O–H groups in total. The summed E-state index contributed by atoms with van der Waals surface area (Å²) in [4.78, 5) is 28.2. The third kappa shape index (κ3) is 5.59. The van der Waals surface area contributed by atoms with Gasteiger partial charge in [-0.25, -0.2) is 0 Å². The molecule has 5 nitrogen and oxygen atoms in total. The number of carbonyl (C=O) groups is 2. The minimum atomic E-state index is -0.208. The van der Waals surface area contributed by atoms with Gasteiger partial charge in [0.05, 0.1) is 23.8 Å². The van der Waals surface area contributed by atoms with E-state index >= 15 is 0 Å². The van der Waals surface area contributed by atoms with Gasteiger partial charge in [0.2, 0.25) is 5.91 Å². The Morgan fingerprint density at radius 2 is 1.90 bits per heavy atom. The minimum absolute atomic E-state index is 0.0125. The summed E-state index contributed by atoms with van der Waals surface area (Å²) in [7, 11) is 1.76. The van der Waals surface area contributed by atoms with E-state index in [4.69, 9.17) is 11.6 Å². The van der Waals surface area contributed by atoms with Crippen molar-refractivity contribution in [2.24, 2.45) is 0 Å². The molecule has 3 rings (SSSR count). The normalized spacial score (nSPS) is 11.1. The number of rotatable bonds is 9. The van der Waals surface area contributed by atoms with Crippen LogP contribution in [0.2, 0.25) is 5.02 Å². The zero-order valence-corrected chi connectivity index (χ0v) is 19.0. The second-order valence-corrected chi connectivity index (χ2v) is 8.83. The summed E-state index contributed by atoms with van der Waals surface area (Å²) in [5, 5.41) is 5.35. The molecule has 0 bridgehead atoms. The van der Waals surface area contributed by atoms with Gasteiger partial charge < -0.3 is 9.88 Å². The number of nitrogens with zero attached hydrogens (tertiary/aromatic N) is 2. The van der Waals surface area contributed by atoms with E-state index in [1.54, 1.807) is 41.5 Å². The lowest BCUT2D eigenvalue weighted by molar-refractivity contribution is -0.116. The number of ketones is 1. The van der Waals surface area contributed by atoms with Gasteiger partial charge in [-0.3, -0.25) is 14.5 Å². The number of amides is 1. The van der Waals surface area contributed by atoms with Crippen LogP contribution in [0.3, 0.4) is 0 Å². The van der Waals surface area contributed by atoms with Gasteiger partial charge >= 0.3 is 0 Å². The summed E-state index contributed by atoms with van der Waals surface area (Å²) < 4.78 is 2.19. The van der Waals surface area contributed by atoms with Gasteiger partial charge in [0.1, 0.15) is 0 Å². The lowest BCUT2D eigenvalue weighted by atomic mass is 10.1. The Hall–Kier alpha value is -2.41. The van der Waals surface area contributed by atoms with Crippen molar-refractivity contribution in [1.29, 1.82) is 0 Å². The number of Topliss-reactive ketones (excluding diaryl/α,β-unsaturated/α-hetero) is 1. The fraction of sp³-hybridized carbons (Fsp3) is 0.304. The number of para-hydroxylation sites is 1. The van der Waals surface area contributed by atoms with Crippen molar-refractivity contribution in [3.05, 3.63) is 74.7 Å². The standard InChI is InChI=1S/C23H26ClN3O2S/c1-16-13-19(17(2)27(16)11-10-18-7-6-12-30-18)22(28)14-26(3)15-23(29)25-21-9-5-4-8-20(21)24/h4-9,12-13H,10-11,14-15H2,1-3H3,(H,25,29). The van der Waals surface area contributed by atoms with Gasteiger partial charge in [0.25, 0.3) is 0 Å². The Bertz CT molecular complexity index is 1030. The molecule has 0 radical (unpaired) electrons. The summed E-state index contributed by atoms with van der Waals surface area (Å²) in [6, 6.07) is 13.2. The maximum atomic E-state index is 12.9. The quantitative estimate of drug-likeness (QED) is 0.482. The number of likely N-dealkylation sites (N-methyl/N-ethyl adjacent to an activating group) is 1. The van der Waals surface area contributed by atoms with Crippen LogP contribution in [0.5, 0.6) is 0 Å². The molecule has 158 valence electrons. The Balaban J connectivity index is 1.57. The highest BCUT2D eigenvalue weighted by molar-refractivity contribution is 7.09. The largest absolute Gasteiger partial charge is 0.348 e. The van der Waals surface area contributed by atoms with E-state index in [0.717, 1.165) is 29.9 Å². The molecular weight excluding hydrogens is 418 g/mol. The average molecular weight is 444 g/mol. The maximum Gasteiger partial charge on any atom is 0.238 e. The lowest BCUT2D eigenvalue weighted by Crippen LogP contribution is -2.34. The zero-order valence-electron chi connectivity index (χ0n) is 17.4. The predicted molar refractivity (Wildman–Crippen MR) is 124 cm³/mol. The molecule has 2 heterocycles. The van der Waals surface area contributed by atoms with Crippen LogP contribution in [-0.4, -0.2) is 41.3 Å². The minimum Gasteiger partial charge on any atom is -0.348 e. The summed E-state index contributed by atoms with van der Waals surface area (Å²) in [5.41, 5.74) is 3.34. The molecule has 2 aromatic heterocycles. The SMILES string of the molecule is Cc1cc(C(=O)CN(C)CC(=O)Nc2ccccc2Cl)c(C)n1CCc1cccs1. The molecule has 3 aromatic rings. The van der Waals surface area contributed by atoms with Gasteiger partial charge in [-0.2, -0.15) is 0 Å². The fourth-order valence-electron chi connectivity index (χ4n) is 3.49. The molecule has 30 heavy (non-hydrogen) atoms. The van der Waals surface area contributed by atoms with Crippen LogP contribution in [-0.2, 0) is 17.8 Å². The van der Waals surface area contributed by atoms with E-state index in [9.17, 15) is 9.59 Å². The molecule has 7 heteroatoms. The molecule has 1 aromatic carbocycles. The topological polar surface area (TPSA) is 54.3 Å². The van der Waals surface area contributed by atoms with Crippen molar-refractivity contribution < 1.29 is 9.59 Å². The summed E-state index contributed by atoms with van der Waals surface area (Å²) in [6.45, 7) is 5.14. The van der Waals surface area contributed by atoms with Crippen molar-refractivity contribution >= 4 is 40.3 Å². The number of aromatic nitrogens is 1. The van der Waals surface area contributed by atoms with E-state index in [1.165, 1.54) is 4.88 Å². The van der Waals surface area contributed by atoms with Gasteiger partial charge in [-0.1, -0.05) is 29.8 Å². The number of benzene rings is 1. The third-order valence-corrected chi connectivity index (χ3v) is 6.28. The molecule has 0 aliphatic rings. The number of carbonyl (C=O) groups excluding carboxylic acids is 2. The number of hydrogen-bond acceptors (Lipinski definition) is 4. The Morgan fingerprint density at radius 3 is 2.60 bits per heavy atom. The Morgan fingerprint density at radius 1 is 1.13 bits per heavy atom. The van der Waals surface area contributed by atoms with Crippen LogP contribution in [0.25, 0.3) is 0 Å². The van der Waals surface area contributed by atoms with Crippen LogP contribution in [0.15, 0.2) is 47.8 Å². The van der Waals surface area contributed by atoms with Crippen LogP contribution < -0.4 is 5.32 Å². The third-order valence-electron chi connectivity index (χ3n) is 5.01. The number of halogens is 1. The Labute approximate surface area is 186 Å². The predicted octanol–water partition coefficient (Wildman–Crippen LogP) is 4.82. The van der Waals surface area contributed by atoms with Crippen LogP contribution >= 0.6 is 22.9 Å². The molecule has 0 spiro atoms. The first-order valence-electron chi connectivity index (χ1n) is 9.80. The molecule has 0 atom stereocenters. The lowest BCUT2D eigenvalue weighted by Gasteiger charge is -2.16. The highest BCUT2D eigenvalue weighted by Crippen LogP contribution is 2.21. The highest BCUT2D eigenvalue weighted by Gasteiger charge is 2.18. The van der Waals surface area contributed by atoms with Crippen molar-refractivity contribution in [2.45, 2.75) is 26.8 Å². The second kappa shape index (κ2) is 10.1. The van der Waals surface area contributed by atoms with E-state index in [-0.39, 0.29) is 24.8 Å². The molecule has 0 fully saturated rings. The molecule has 0 aliphatic heterocycles. The average Bonchev–Trinajstić information content (AvgIpc) is 3.30. The van der Waals surface area contributed by atoms with Crippen molar-refractivity contribution in [1.82, 2.24) is 9.47 Å². The van der Waals surface area contributed by atoms with E-state index in [0.29, 0.717) is 10.7 Å². The first kappa shape index (κ1) is 22.3. The number of nitrogens with one attached hydrogen (secondary N) is 1. The van der Waals surface area contributed by atoms with Crippen molar-refractivity contribution in [3.8, 4) is 0 Å². The fourth-order valence-corrected chi connectivity index (χ4v) is 4.37. The summed E-state index contributed by atoms with van der Waals surface area (Å²) >= 11 is 7.83. The maximum absolute atomic E-state index is 12.9. The van der Waals surface area contributed by atoms with E-state index in [2.05, 4.69) is 27.4 Å². The van der Waals surface area contributed by atoms with Crippen molar-refractivity contribution in [3.63, 3.8) is 0 Å². The van der Waals surface area contributed by atoms with Crippen molar-refractivity contribution in [2.75, 3.05) is 25.5 Å². The number of anilines is 1. The molecule has 0 saturated carbocycles. The second-order valence-electron chi connectivity index (χ2n) is 7.39. The number of thiophene rings is 1. The summed E-state index contributed by atoms with van der Waals surface area (Å²) in [6.07, 6.45) is 0.948. The van der Waals surface area contributed by atoms with Crippen LogP contribution in [0.4, 0.5) is 5.69 Å². The summed E-state index contributed by atoms with van der Waals surface area (Å²) in [5.74, 6) is -0.196. The van der Waals surface area contributed by atoms with Gasteiger partial charge in [0, 0.05) is 28.4 Å². The highest BCUT2D eigenvalue weighted by atomic mass is 35.5. The van der Waals surface area contributed by atoms with Crippen LogP contribution in [0.1, 0.15) is 26.6 Å². The number of hydrogen-bond donors (Lipinski definition) is 1. The molecule has 0 saturated heterocycles. The number of aryl methyl sites for hydroxylation is 2. The van der Waals surface area contributed by atoms with E-state index < -0.39 is 0 Å². The smallest absolute Gasteiger partial charge is 0.238 e. The van der Waals surface area contributed by atoms with Gasteiger partial charge in [-0.15, -0.1) is 11.3 Å². The van der Waals surface area contributed by atoms with Gasteiger partial charge in [0.15, 0.2) is 5.78 Å². The monoisotopic (exact) mass is 443 g/mol. The molecule has 1 amide bonds. The van der Waals surface area contributed by atoms with Gasteiger partial charge in [-0.05, 0) is 57.0 Å². The first-order valence-corrected chi connectivity index (χ1v) is 11.1.